The van der Waals surface area contributed by atoms with Gasteiger partial charge in [-0.05, 0) is 12.8 Å². The van der Waals surface area contributed by atoms with Gasteiger partial charge >= 0.3 is 11.7 Å². The number of nitrogens with zero attached hydrogens (tertiary/aromatic N) is 1. The zero-order valence-corrected chi connectivity index (χ0v) is 10.8. The minimum Gasteiger partial charge on any atom is -0.464 e. The predicted octanol–water partition coefficient (Wildman–Crippen LogP) is -0.0148. The number of ether oxygens (including phenoxy) is 1. The first kappa shape index (κ1) is 13.4. The average Bonchev–Trinajstić information content (AvgIpc) is 2.26. The smallest absolute Gasteiger partial charge is 0.328 e. The monoisotopic (exact) mass is 267 g/mol. The summed E-state index contributed by atoms with van der Waals surface area (Å²) in [6.45, 7) is 3.04. The molecule has 0 radical (unpaired) electrons. The van der Waals surface area contributed by atoms with Crippen LogP contribution >= 0.6 is 0 Å². The molecule has 1 saturated heterocycles. The fourth-order valence-electron chi connectivity index (χ4n) is 1.94. The lowest BCUT2D eigenvalue weighted by Gasteiger charge is -2.40. The molecule has 1 aliphatic heterocycles. The third-order valence-electron chi connectivity index (χ3n) is 3.09. The lowest BCUT2D eigenvalue weighted by atomic mass is 10.0. The molecule has 1 aliphatic rings. The van der Waals surface area contributed by atoms with Crippen LogP contribution in [-0.2, 0) is 9.53 Å². The number of H-pyrrole nitrogens is 2. The Morgan fingerprint density at radius 1 is 1.47 bits per heavy atom. The summed E-state index contributed by atoms with van der Waals surface area (Å²) in [5.41, 5.74) is -1.06. The second-order valence-corrected chi connectivity index (χ2v) is 4.49. The van der Waals surface area contributed by atoms with E-state index in [-0.39, 0.29) is 5.97 Å². The van der Waals surface area contributed by atoms with Crippen molar-refractivity contribution in [3.63, 3.8) is 0 Å². The van der Waals surface area contributed by atoms with E-state index in [4.69, 9.17) is 4.74 Å². The number of hydrogen-bond donors (Lipinski definition) is 2. The number of esters is 1. The number of nitrogens with one attached hydrogen (secondary N) is 2. The van der Waals surface area contributed by atoms with Gasteiger partial charge in [0.1, 0.15) is 11.9 Å². The van der Waals surface area contributed by atoms with Gasteiger partial charge in [-0.25, -0.2) is 9.59 Å². The molecular weight excluding hydrogens is 250 g/mol. The van der Waals surface area contributed by atoms with Gasteiger partial charge in [-0.3, -0.25) is 14.8 Å². The van der Waals surface area contributed by atoms with Crippen LogP contribution in [0.3, 0.4) is 0 Å². The van der Waals surface area contributed by atoms with Crippen molar-refractivity contribution < 1.29 is 9.53 Å². The van der Waals surface area contributed by atoms with Crippen LogP contribution in [0.15, 0.2) is 15.7 Å². The highest BCUT2D eigenvalue weighted by Crippen LogP contribution is 2.23. The van der Waals surface area contributed by atoms with Gasteiger partial charge in [0.2, 0.25) is 0 Å². The van der Waals surface area contributed by atoms with Crippen molar-refractivity contribution in [3.8, 4) is 0 Å². The Morgan fingerprint density at radius 3 is 2.84 bits per heavy atom. The normalized spacial score (nSPS) is 17.9. The molecule has 0 spiro atoms. The summed E-state index contributed by atoms with van der Waals surface area (Å²) in [5, 5.41) is 0. The highest BCUT2D eigenvalue weighted by atomic mass is 16.5. The summed E-state index contributed by atoms with van der Waals surface area (Å²) in [4.78, 5) is 40.5. The molecule has 0 aromatic carbocycles. The van der Waals surface area contributed by atoms with E-state index >= 15 is 0 Å². The molecule has 0 bridgehead atoms. The minimum absolute atomic E-state index is 0.305. The molecule has 0 saturated carbocycles. The third-order valence-corrected chi connectivity index (χ3v) is 3.09. The molecule has 1 atom stereocenters. The van der Waals surface area contributed by atoms with Gasteiger partial charge in [0, 0.05) is 12.6 Å². The van der Waals surface area contributed by atoms with Crippen LogP contribution < -0.4 is 16.1 Å². The Bertz CT molecular complexity index is 534. The van der Waals surface area contributed by atoms with Gasteiger partial charge in [0.15, 0.2) is 0 Å². The Kier molecular flexibility index (Phi) is 4.03. The largest absolute Gasteiger partial charge is 0.464 e. The molecule has 1 fully saturated rings. The van der Waals surface area contributed by atoms with Crippen molar-refractivity contribution in [2.75, 3.05) is 18.1 Å². The zero-order chi connectivity index (χ0) is 13.8. The van der Waals surface area contributed by atoms with Crippen LogP contribution in [0.25, 0.3) is 0 Å². The molecule has 2 heterocycles. The summed E-state index contributed by atoms with van der Waals surface area (Å²) >= 11 is 0. The van der Waals surface area contributed by atoms with Crippen molar-refractivity contribution in [2.45, 2.75) is 32.2 Å². The van der Waals surface area contributed by atoms with Gasteiger partial charge in [-0.2, -0.15) is 0 Å². The first-order valence-electron chi connectivity index (χ1n) is 6.38. The van der Waals surface area contributed by atoms with Gasteiger partial charge in [-0.1, -0.05) is 13.3 Å². The molecule has 0 unspecified atom stereocenters. The number of hydrogen-bond acceptors (Lipinski definition) is 5. The van der Waals surface area contributed by atoms with Crippen LogP contribution in [0.1, 0.15) is 26.2 Å². The molecule has 2 rings (SSSR count). The van der Waals surface area contributed by atoms with E-state index in [0.717, 1.165) is 12.8 Å². The van der Waals surface area contributed by atoms with Gasteiger partial charge in [0.05, 0.1) is 6.61 Å². The first-order chi connectivity index (χ1) is 9.11. The summed E-state index contributed by atoms with van der Waals surface area (Å²) in [7, 11) is 0. The van der Waals surface area contributed by atoms with Gasteiger partial charge in [0.25, 0.3) is 5.56 Å². The van der Waals surface area contributed by atoms with Crippen molar-refractivity contribution in [1.82, 2.24) is 9.97 Å². The quantitative estimate of drug-likeness (QED) is 0.577. The molecule has 1 aromatic heterocycles. The fraction of sp³-hybridized carbons (Fsp3) is 0.583. The van der Waals surface area contributed by atoms with Crippen molar-refractivity contribution >= 4 is 11.8 Å². The molecule has 1 aromatic rings. The Balaban J connectivity index is 2.03. The van der Waals surface area contributed by atoms with E-state index in [2.05, 4.69) is 9.97 Å². The maximum Gasteiger partial charge on any atom is 0.328 e. The Morgan fingerprint density at radius 2 is 2.26 bits per heavy atom. The average molecular weight is 267 g/mol. The molecule has 104 valence electrons. The maximum atomic E-state index is 11.8. The molecule has 0 aliphatic carbocycles. The molecule has 19 heavy (non-hydrogen) atoms. The summed E-state index contributed by atoms with van der Waals surface area (Å²) in [5.74, 6) is 0.0540. The second kappa shape index (κ2) is 5.73. The van der Waals surface area contributed by atoms with E-state index in [0.29, 0.717) is 25.4 Å². The maximum absolute atomic E-state index is 11.8. The standard InChI is InChI=1S/C12H17N3O4/c1-2-3-6-19-11(17)8-4-5-15(8)9-7-10(16)14-12(18)13-9/h7-8H,2-6H2,1H3,(H2,13,14,16,18)/t8-/m1/s1. The van der Waals surface area contributed by atoms with Gasteiger partial charge in [-0.15, -0.1) is 0 Å². The number of carbonyl (C=O) groups excluding carboxylic acids is 1. The lowest BCUT2D eigenvalue weighted by Crippen LogP contribution is -2.54. The van der Waals surface area contributed by atoms with E-state index < -0.39 is 17.3 Å². The third kappa shape index (κ3) is 3.04. The van der Waals surface area contributed by atoms with Gasteiger partial charge < -0.3 is 9.64 Å². The highest BCUT2D eigenvalue weighted by Gasteiger charge is 2.36. The Hall–Kier alpha value is -2.05. The number of aromatic nitrogens is 2. The molecular formula is C12H17N3O4. The van der Waals surface area contributed by atoms with Crippen LogP contribution in [-0.4, -0.2) is 35.1 Å². The molecule has 2 N–H and O–H groups in total. The first-order valence-corrected chi connectivity index (χ1v) is 6.38. The van der Waals surface area contributed by atoms with Crippen molar-refractivity contribution in [3.05, 3.63) is 26.9 Å². The zero-order valence-electron chi connectivity index (χ0n) is 10.8. The number of anilines is 1. The highest BCUT2D eigenvalue weighted by molar-refractivity contribution is 5.81. The predicted molar refractivity (Wildman–Crippen MR) is 69.3 cm³/mol. The van der Waals surface area contributed by atoms with Crippen molar-refractivity contribution in [1.29, 1.82) is 0 Å². The lowest BCUT2D eigenvalue weighted by molar-refractivity contribution is -0.146. The number of aromatic amines is 2. The van der Waals surface area contributed by atoms with E-state index in [1.807, 2.05) is 6.92 Å². The van der Waals surface area contributed by atoms with Crippen LogP contribution in [0.5, 0.6) is 0 Å². The molecule has 0 amide bonds. The van der Waals surface area contributed by atoms with Crippen LogP contribution in [0, 0.1) is 0 Å². The second-order valence-electron chi connectivity index (χ2n) is 4.49. The van der Waals surface area contributed by atoms with Crippen LogP contribution in [0.2, 0.25) is 0 Å². The van der Waals surface area contributed by atoms with E-state index in [1.54, 1.807) is 4.90 Å². The summed E-state index contributed by atoms with van der Waals surface area (Å²) in [6.07, 6.45) is 2.46. The van der Waals surface area contributed by atoms with E-state index in [9.17, 15) is 14.4 Å². The van der Waals surface area contributed by atoms with Crippen molar-refractivity contribution in [2.24, 2.45) is 0 Å². The fourth-order valence-corrected chi connectivity index (χ4v) is 1.94. The minimum atomic E-state index is -0.576. The summed E-state index contributed by atoms with van der Waals surface area (Å²) in [6, 6.07) is 0.863. The number of unbranched alkanes of at least 4 members (excludes halogenated alkanes) is 1. The van der Waals surface area contributed by atoms with Crippen LogP contribution in [0.4, 0.5) is 5.82 Å². The number of rotatable bonds is 5. The topological polar surface area (TPSA) is 95.3 Å². The summed E-state index contributed by atoms with van der Waals surface area (Å²) < 4.78 is 5.14. The molecule has 7 nitrogen and oxygen atoms in total. The van der Waals surface area contributed by atoms with E-state index in [1.165, 1.54) is 6.07 Å². The number of carbonyl (C=O) groups is 1. The Labute approximate surface area is 109 Å². The SMILES string of the molecule is CCCCOC(=O)[C@H]1CCN1c1cc(=O)[nH]c(=O)[nH]1. The molecule has 7 heteroatoms.